The van der Waals surface area contributed by atoms with E-state index < -0.39 is 5.72 Å². The van der Waals surface area contributed by atoms with Crippen molar-refractivity contribution in [2.45, 2.75) is 38.3 Å². The van der Waals surface area contributed by atoms with Crippen molar-refractivity contribution in [3.05, 3.63) is 52.2 Å². The molecule has 24 heavy (non-hydrogen) atoms. The van der Waals surface area contributed by atoms with Crippen LogP contribution in [0.25, 0.3) is 0 Å². The van der Waals surface area contributed by atoms with Gasteiger partial charge in [0.1, 0.15) is 5.69 Å². The van der Waals surface area contributed by atoms with Gasteiger partial charge in [0.05, 0.1) is 11.4 Å². The van der Waals surface area contributed by atoms with Gasteiger partial charge in [0.2, 0.25) is 0 Å². The van der Waals surface area contributed by atoms with E-state index >= 15 is 0 Å². The smallest absolute Gasteiger partial charge is 0.280 e. The van der Waals surface area contributed by atoms with Gasteiger partial charge in [-0.25, -0.2) is 9.48 Å². The number of nitrogens with zero attached hydrogens (tertiary/aromatic N) is 2. The number of aryl methyl sites for hydroxylation is 1. The summed E-state index contributed by atoms with van der Waals surface area (Å²) in [6.07, 6.45) is 4.64. The third-order valence-corrected chi connectivity index (χ3v) is 5.97. The summed E-state index contributed by atoms with van der Waals surface area (Å²) in [5, 5.41) is 13.6. The molecule has 3 heterocycles. The van der Waals surface area contributed by atoms with E-state index in [0.717, 1.165) is 24.3 Å². The van der Waals surface area contributed by atoms with Gasteiger partial charge in [-0.2, -0.15) is 0 Å². The number of β-amino-alcohol motifs (C(OH)–C–C–N with tert-alkyl or cyclic N) is 1. The zero-order valence-corrected chi connectivity index (χ0v) is 16.3. The highest BCUT2D eigenvalue weighted by Gasteiger charge is 2.52. The first kappa shape index (κ1) is 17.6. The normalized spacial score (nSPS) is 23.7. The van der Waals surface area contributed by atoms with Crippen molar-refractivity contribution < 1.29 is 26.7 Å². The zero-order chi connectivity index (χ0) is 15.9. The van der Waals surface area contributed by atoms with Crippen molar-refractivity contribution in [3.63, 3.8) is 0 Å². The Morgan fingerprint density at radius 3 is 2.79 bits per heavy atom. The van der Waals surface area contributed by atoms with E-state index in [4.69, 9.17) is 0 Å². The predicted octanol–water partition coefficient (Wildman–Crippen LogP) is 0.711. The van der Waals surface area contributed by atoms with Gasteiger partial charge in [0.25, 0.3) is 11.6 Å². The monoisotopic (exact) mass is 406 g/mol. The van der Waals surface area contributed by atoms with Crippen LogP contribution in [0.4, 0.5) is 5.69 Å². The lowest BCUT2D eigenvalue weighted by atomic mass is 10.1. The Labute approximate surface area is 158 Å². The number of hydrogen-bond acceptors (Lipinski definition) is 3. The average molecular weight is 407 g/mol. The average Bonchev–Trinajstić information content (AvgIpc) is 3.09. The molecular weight excluding hydrogens is 384 g/mol. The minimum absolute atomic E-state index is 0. The highest BCUT2D eigenvalue weighted by Crippen LogP contribution is 2.37. The van der Waals surface area contributed by atoms with Gasteiger partial charge in [-0.05, 0) is 55.3 Å². The van der Waals surface area contributed by atoms with Crippen LogP contribution >= 0.6 is 11.3 Å². The molecule has 1 unspecified atom stereocenters. The summed E-state index contributed by atoms with van der Waals surface area (Å²) in [7, 11) is 0. The van der Waals surface area contributed by atoms with Gasteiger partial charge in [-0.3, -0.25) is 0 Å². The van der Waals surface area contributed by atoms with E-state index in [-0.39, 0.29) is 17.0 Å². The molecule has 0 saturated carbocycles. The van der Waals surface area contributed by atoms with Crippen LogP contribution in [0.5, 0.6) is 0 Å². The second-order valence-electron chi connectivity index (χ2n) is 6.60. The van der Waals surface area contributed by atoms with Crippen LogP contribution in [0.3, 0.4) is 0 Å². The first-order valence-electron chi connectivity index (χ1n) is 8.42. The van der Waals surface area contributed by atoms with Crippen LogP contribution in [-0.2, 0) is 5.72 Å². The Morgan fingerprint density at radius 1 is 1.17 bits per heavy atom. The first-order chi connectivity index (χ1) is 11.2. The third-order valence-electron chi connectivity index (χ3n) is 4.96. The van der Waals surface area contributed by atoms with E-state index in [1.807, 2.05) is 6.07 Å². The first-order valence-corrected chi connectivity index (χ1v) is 9.30. The topological polar surface area (TPSA) is 26.5 Å². The van der Waals surface area contributed by atoms with Crippen molar-refractivity contribution in [2.75, 3.05) is 18.0 Å². The standard InChI is InChI=1S/C19H23N2OS.BrH/c1-15-7-5-8-16(13-15)20-14-19(22,17-9-6-12-23-17)21-11-4-2-3-10-18(20)21;/h5-9,12-13,22H,2-4,10-11,14H2,1H3;1H/q+1;/p-1. The quantitative estimate of drug-likeness (QED) is 0.743. The molecule has 2 aromatic rings. The molecule has 0 spiro atoms. The van der Waals surface area contributed by atoms with E-state index in [2.05, 4.69) is 52.1 Å². The van der Waals surface area contributed by atoms with Crippen LogP contribution in [0.1, 0.15) is 36.1 Å². The van der Waals surface area contributed by atoms with Gasteiger partial charge in [-0.1, -0.05) is 18.2 Å². The third kappa shape index (κ3) is 2.93. The van der Waals surface area contributed by atoms with Crippen molar-refractivity contribution in [1.29, 1.82) is 0 Å². The predicted molar refractivity (Wildman–Crippen MR) is 95.3 cm³/mol. The molecule has 128 valence electrons. The number of benzene rings is 1. The Kier molecular flexibility index (Phi) is 5.13. The minimum atomic E-state index is -0.891. The van der Waals surface area contributed by atoms with E-state index in [1.54, 1.807) is 11.3 Å². The highest BCUT2D eigenvalue weighted by molar-refractivity contribution is 7.10. The van der Waals surface area contributed by atoms with Gasteiger partial charge >= 0.3 is 0 Å². The number of anilines is 1. The van der Waals surface area contributed by atoms with Crippen molar-refractivity contribution >= 4 is 22.9 Å². The molecule has 1 N–H and O–H groups in total. The van der Waals surface area contributed by atoms with Gasteiger partial charge in [0, 0.05) is 6.42 Å². The molecule has 2 aliphatic rings. The fraction of sp³-hybridized carbons (Fsp3) is 0.421. The van der Waals surface area contributed by atoms with E-state index in [1.165, 1.54) is 29.9 Å². The largest absolute Gasteiger partial charge is 1.00 e. The summed E-state index contributed by atoms with van der Waals surface area (Å²) in [5.41, 5.74) is 1.56. The molecular formula is C19H23BrN2OS. The van der Waals surface area contributed by atoms with Crippen LogP contribution in [0.2, 0.25) is 0 Å². The molecule has 0 bridgehead atoms. The van der Waals surface area contributed by atoms with Crippen molar-refractivity contribution in [2.24, 2.45) is 0 Å². The molecule has 2 aliphatic heterocycles. The maximum absolute atomic E-state index is 11.5. The molecule has 0 saturated heterocycles. The highest BCUT2D eigenvalue weighted by atomic mass is 79.9. The summed E-state index contributed by atoms with van der Waals surface area (Å²) in [6.45, 7) is 3.68. The fourth-order valence-electron chi connectivity index (χ4n) is 3.82. The Bertz CT molecular complexity index is 744. The molecule has 3 nitrogen and oxygen atoms in total. The number of hydrogen-bond donors (Lipinski definition) is 1. The number of halogens is 1. The lowest BCUT2D eigenvalue weighted by Crippen LogP contribution is -3.00. The Hall–Kier alpha value is -1.17. The summed E-state index contributed by atoms with van der Waals surface area (Å²) in [6, 6.07) is 12.7. The van der Waals surface area contributed by atoms with Crippen molar-refractivity contribution in [1.82, 2.24) is 0 Å². The maximum atomic E-state index is 11.5. The summed E-state index contributed by atoms with van der Waals surface area (Å²) in [4.78, 5) is 3.38. The van der Waals surface area contributed by atoms with Crippen LogP contribution in [-0.4, -0.2) is 28.6 Å². The maximum Gasteiger partial charge on any atom is 0.280 e. The van der Waals surface area contributed by atoms with Gasteiger partial charge < -0.3 is 22.1 Å². The van der Waals surface area contributed by atoms with E-state index in [0.29, 0.717) is 6.54 Å². The molecule has 1 atom stereocenters. The summed E-state index contributed by atoms with van der Waals surface area (Å²) < 4.78 is 2.26. The second-order valence-corrected chi connectivity index (χ2v) is 7.55. The molecule has 0 aliphatic carbocycles. The SMILES string of the molecule is Cc1cccc(N2CC(O)(c3cccs3)[N+]3=C2CCCCC3)c1.[Br-]. The van der Waals surface area contributed by atoms with Crippen LogP contribution in [0.15, 0.2) is 41.8 Å². The van der Waals surface area contributed by atoms with Gasteiger partial charge in [-0.15, -0.1) is 11.3 Å². The van der Waals surface area contributed by atoms with Crippen molar-refractivity contribution in [3.8, 4) is 0 Å². The van der Waals surface area contributed by atoms with Gasteiger partial charge in [0.15, 0.2) is 6.54 Å². The molecule has 1 aromatic heterocycles. The Morgan fingerprint density at radius 2 is 2.04 bits per heavy atom. The molecule has 0 radical (unpaired) electrons. The van der Waals surface area contributed by atoms with E-state index in [9.17, 15) is 5.11 Å². The Balaban J connectivity index is 0.00000169. The number of aliphatic hydroxyl groups is 1. The number of amidine groups is 1. The fourth-order valence-corrected chi connectivity index (χ4v) is 4.65. The minimum Gasteiger partial charge on any atom is -1.00 e. The van der Waals surface area contributed by atoms with Crippen LogP contribution < -0.4 is 21.9 Å². The summed E-state index contributed by atoms with van der Waals surface area (Å²) >= 11 is 1.65. The van der Waals surface area contributed by atoms with Crippen LogP contribution in [0, 0.1) is 6.92 Å². The second kappa shape index (κ2) is 6.98. The number of thiophene rings is 1. The lowest BCUT2D eigenvalue weighted by Gasteiger charge is -2.21. The summed E-state index contributed by atoms with van der Waals surface area (Å²) in [5.74, 6) is 1.28. The molecule has 1 aromatic carbocycles. The molecule has 0 amide bonds. The molecule has 5 heteroatoms. The molecule has 0 fully saturated rings. The zero-order valence-electron chi connectivity index (χ0n) is 13.9. The molecule has 4 rings (SSSR count). The number of rotatable bonds is 2. The lowest BCUT2D eigenvalue weighted by molar-refractivity contribution is -0.657.